The molecule has 3 aromatic rings. The predicted molar refractivity (Wildman–Crippen MR) is 159 cm³/mol. The average Bonchev–Trinajstić information content (AvgIpc) is 3.51. The fourth-order valence-electron chi connectivity index (χ4n) is 6.05. The van der Waals surface area contributed by atoms with Crippen molar-refractivity contribution in [2.24, 2.45) is 0 Å². The van der Waals surface area contributed by atoms with Crippen molar-refractivity contribution >= 4 is 32.7 Å². The fraction of sp³-hybridized carbons (Fsp3) is 0.438. The van der Waals surface area contributed by atoms with Gasteiger partial charge in [0.15, 0.2) is 0 Å². The van der Waals surface area contributed by atoms with Crippen LogP contribution in [0.2, 0.25) is 0 Å². The molecule has 2 fully saturated rings. The van der Waals surface area contributed by atoms with E-state index in [9.17, 15) is 18.0 Å². The van der Waals surface area contributed by atoms with E-state index in [1.165, 1.54) is 9.87 Å². The second kappa shape index (κ2) is 13.1. The maximum Gasteiger partial charge on any atom is 0.325 e. The Kier molecular flexibility index (Phi) is 9.37. The van der Waals surface area contributed by atoms with Gasteiger partial charge in [0, 0.05) is 32.2 Å². The van der Waals surface area contributed by atoms with Crippen molar-refractivity contribution in [3.63, 3.8) is 0 Å². The van der Waals surface area contributed by atoms with Gasteiger partial charge in [0.1, 0.15) is 12.6 Å². The van der Waals surface area contributed by atoms with Crippen LogP contribution in [0.15, 0.2) is 77.7 Å². The number of piperidine rings is 1. The summed E-state index contributed by atoms with van der Waals surface area (Å²) in [6, 6.07) is 22.1. The molecule has 1 amide bonds. The second-order valence-electron chi connectivity index (χ2n) is 10.9. The lowest BCUT2D eigenvalue weighted by Gasteiger charge is -2.40. The maximum absolute atomic E-state index is 14.1. The first-order chi connectivity index (χ1) is 19.9. The molecular formula is C32H39N3O5S. The first-order valence-corrected chi connectivity index (χ1v) is 16.0. The number of nitrogens with zero attached hydrogens (tertiary/aromatic N) is 3. The molecule has 5 rings (SSSR count). The zero-order chi connectivity index (χ0) is 28.8. The van der Waals surface area contributed by atoms with Gasteiger partial charge in [0.2, 0.25) is 15.9 Å². The molecule has 218 valence electrons. The minimum atomic E-state index is -3.91. The summed E-state index contributed by atoms with van der Waals surface area (Å²) < 4.78 is 34.2. The van der Waals surface area contributed by atoms with Crippen LogP contribution in [-0.2, 0) is 30.8 Å². The van der Waals surface area contributed by atoms with Crippen LogP contribution in [0, 0.1) is 0 Å². The number of benzene rings is 3. The monoisotopic (exact) mass is 577 g/mol. The van der Waals surface area contributed by atoms with Gasteiger partial charge in [-0.3, -0.25) is 9.59 Å². The minimum absolute atomic E-state index is 0.147. The molecule has 0 saturated carbocycles. The Morgan fingerprint density at radius 3 is 2.34 bits per heavy atom. The Morgan fingerprint density at radius 1 is 0.902 bits per heavy atom. The molecule has 3 aromatic carbocycles. The molecule has 0 radical (unpaired) electrons. The number of sulfonamides is 1. The van der Waals surface area contributed by atoms with Crippen molar-refractivity contribution in [3.8, 4) is 0 Å². The van der Waals surface area contributed by atoms with Crippen molar-refractivity contribution < 1.29 is 22.7 Å². The van der Waals surface area contributed by atoms with E-state index in [1.807, 2.05) is 42.5 Å². The Balaban J connectivity index is 1.31. The van der Waals surface area contributed by atoms with E-state index in [4.69, 9.17) is 4.74 Å². The Bertz CT molecular complexity index is 1450. The van der Waals surface area contributed by atoms with Crippen molar-refractivity contribution in [3.05, 3.63) is 78.4 Å². The summed E-state index contributed by atoms with van der Waals surface area (Å²) in [6.45, 7) is 4.64. The largest absolute Gasteiger partial charge is 0.465 e. The normalized spacial score (nSPS) is 18.9. The van der Waals surface area contributed by atoms with Gasteiger partial charge in [-0.2, -0.15) is 4.31 Å². The molecule has 2 aliphatic rings. The third-order valence-corrected chi connectivity index (χ3v) is 10.2. The summed E-state index contributed by atoms with van der Waals surface area (Å²) in [6.07, 6.45) is 3.43. The number of likely N-dealkylation sites (tertiary alicyclic amines) is 1. The Hall–Kier alpha value is -3.27. The van der Waals surface area contributed by atoms with Crippen molar-refractivity contribution in [1.82, 2.24) is 14.1 Å². The highest BCUT2D eigenvalue weighted by atomic mass is 32.2. The van der Waals surface area contributed by atoms with Gasteiger partial charge >= 0.3 is 5.97 Å². The van der Waals surface area contributed by atoms with Crippen LogP contribution in [0.3, 0.4) is 0 Å². The number of rotatable bonds is 10. The SMILES string of the molecule is CCOC(=O)CN(C(=O)[C@@H]1CCCN1S(=O)(=O)c1ccc2ccccc2c1)C1CCN(CCc2ccccc2)CC1. The third-order valence-electron chi connectivity index (χ3n) is 8.26. The number of hydrogen-bond donors (Lipinski definition) is 0. The standard InChI is InChI=1S/C32H39N3O5S/c1-2-40-31(36)24-34(28-17-21-33(22-18-28)20-16-25-9-4-3-5-10-25)32(37)30-13-8-19-35(30)41(38,39)29-15-14-26-11-6-7-12-27(26)23-29/h3-7,9-12,14-15,23,28,30H,2,8,13,16-22,24H2,1H3/t30-/m0/s1. The first-order valence-electron chi connectivity index (χ1n) is 14.6. The van der Waals surface area contributed by atoms with Gasteiger partial charge in [-0.1, -0.05) is 60.7 Å². The molecule has 0 bridgehead atoms. The molecule has 2 saturated heterocycles. The fourth-order valence-corrected chi connectivity index (χ4v) is 7.74. The summed E-state index contributed by atoms with van der Waals surface area (Å²) >= 11 is 0. The molecule has 0 aliphatic carbocycles. The number of carbonyl (C=O) groups is 2. The van der Waals surface area contributed by atoms with Crippen LogP contribution in [0.1, 0.15) is 38.2 Å². The lowest BCUT2D eigenvalue weighted by Crippen LogP contribution is -2.55. The quantitative estimate of drug-likeness (QED) is 0.338. The van der Waals surface area contributed by atoms with E-state index in [2.05, 4.69) is 17.0 Å². The van der Waals surface area contributed by atoms with E-state index >= 15 is 0 Å². The van der Waals surface area contributed by atoms with Crippen LogP contribution in [-0.4, -0.2) is 85.8 Å². The minimum Gasteiger partial charge on any atom is -0.465 e. The van der Waals surface area contributed by atoms with Crippen LogP contribution >= 0.6 is 0 Å². The summed E-state index contributed by atoms with van der Waals surface area (Å²) in [5.41, 5.74) is 1.29. The highest BCUT2D eigenvalue weighted by Crippen LogP contribution is 2.30. The van der Waals surface area contributed by atoms with Gasteiger partial charge in [-0.15, -0.1) is 0 Å². The molecule has 0 N–H and O–H groups in total. The molecule has 0 unspecified atom stereocenters. The number of carbonyl (C=O) groups excluding carboxylic acids is 2. The number of esters is 1. The zero-order valence-electron chi connectivity index (χ0n) is 23.7. The van der Waals surface area contributed by atoms with Gasteiger partial charge in [0.25, 0.3) is 0 Å². The average molecular weight is 578 g/mol. The lowest BCUT2D eigenvalue weighted by molar-refractivity contribution is -0.152. The van der Waals surface area contributed by atoms with Gasteiger partial charge in [0.05, 0.1) is 11.5 Å². The molecular weight excluding hydrogens is 538 g/mol. The van der Waals surface area contributed by atoms with Crippen molar-refractivity contribution in [2.75, 3.05) is 39.3 Å². The third kappa shape index (κ3) is 6.80. The lowest BCUT2D eigenvalue weighted by atomic mass is 10.0. The number of fused-ring (bicyclic) bond motifs is 1. The molecule has 9 heteroatoms. The molecule has 2 aliphatic heterocycles. The van der Waals surface area contributed by atoms with Crippen molar-refractivity contribution in [2.45, 2.75) is 56.0 Å². The Morgan fingerprint density at radius 2 is 1.61 bits per heavy atom. The number of amides is 1. The van der Waals surface area contributed by atoms with E-state index in [-0.39, 0.29) is 36.5 Å². The number of ether oxygens (including phenoxy) is 1. The predicted octanol–water partition coefficient (Wildman–Crippen LogP) is 4.09. The van der Waals surface area contributed by atoms with E-state index < -0.39 is 22.0 Å². The summed E-state index contributed by atoms with van der Waals surface area (Å²) in [5.74, 6) is -0.767. The van der Waals surface area contributed by atoms with Gasteiger partial charge in [-0.25, -0.2) is 8.42 Å². The second-order valence-corrected chi connectivity index (χ2v) is 12.8. The number of hydrogen-bond acceptors (Lipinski definition) is 6. The van der Waals surface area contributed by atoms with E-state index in [0.29, 0.717) is 12.8 Å². The molecule has 0 aromatic heterocycles. The molecule has 2 heterocycles. The van der Waals surface area contributed by atoms with Crippen LogP contribution in [0.5, 0.6) is 0 Å². The van der Waals surface area contributed by atoms with E-state index in [0.717, 1.165) is 49.7 Å². The Labute approximate surface area is 242 Å². The van der Waals surface area contributed by atoms with Crippen LogP contribution in [0.4, 0.5) is 0 Å². The van der Waals surface area contributed by atoms with Gasteiger partial charge in [-0.05, 0) is 67.5 Å². The van der Waals surface area contributed by atoms with E-state index in [1.54, 1.807) is 30.0 Å². The van der Waals surface area contributed by atoms with Gasteiger partial charge < -0.3 is 14.5 Å². The molecule has 8 nitrogen and oxygen atoms in total. The first kappa shape index (κ1) is 29.2. The highest BCUT2D eigenvalue weighted by molar-refractivity contribution is 7.89. The topological polar surface area (TPSA) is 87.2 Å². The summed E-state index contributed by atoms with van der Waals surface area (Å²) in [5, 5.41) is 1.79. The molecule has 41 heavy (non-hydrogen) atoms. The van der Waals surface area contributed by atoms with Crippen LogP contribution in [0.25, 0.3) is 10.8 Å². The molecule has 0 spiro atoms. The zero-order valence-corrected chi connectivity index (χ0v) is 24.5. The van der Waals surface area contributed by atoms with Crippen LogP contribution < -0.4 is 0 Å². The smallest absolute Gasteiger partial charge is 0.325 e. The van der Waals surface area contributed by atoms with Crippen molar-refractivity contribution in [1.29, 1.82) is 0 Å². The summed E-state index contributed by atoms with van der Waals surface area (Å²) in [4.78, 5) is 30.9. The maximum atomic E-state index is 14.1. The molecule has 1 atom stereocenters. The highest BCUT2D eigenvalue weighted by Gasteiger charge is 2.43. The summed E-state index contributed by atoms with van der Waals surface area (Å²) in [7, 11) is -3.91.